The molecule has 0 aliphatic rings. The Morgan fingerprint density at radius 2 is 2.04 bits per heavy atom. The van der Waals surface area contributed by atoms with Crippen molar-refractivity contribution in [3.05, 3.63) is 54.4 Å². The summed E-state index contributed by atoms with van der Waals surface area (Å²) in [5.41, 5.74) is 0.860. The number of carbonyl (C=O) groups is 1. The summed E-state index contributed by atoms with van der Waals surface area (Å²) in [5.74, 6) is -0.373. The van der Waals surface area contributed by atoms with Crippen LogP contribution in [0.1, 0.15) is 5.56 Å². The summed E-state index contributed by atoms with van der Waals surface area (Å²) in [7, 11) is -0.554. The molecule has 0 saturated carbocycles. The Balaban J connectivity index is 2.05. The van der Waals surface area contributed by atoms with Crippen molar-refractivity contribution in [3.63, 3.8) is 0 Å². The fourth-order valence-electron chi connectivity index (χ4n) is 2.02. The van der Waals surface area contributed by atoms with E-state index in [1.165, 1.54) is 29.4 Å². The Bertz CT molecular complexity index is 776. The minimum atomic E-state index is -3.69. The third-order valence-corrected chi connectivity index (χ3v) is 4.87. The van der Waals surface area contributed by atoms with Crippen LogP contribution in [0.2, 0.25) is 0 Å². The van der Waals surface area contributed by atoms with Crippen LogP contribution >= 0.6 is 0 Å². The third-order valence-electron chi connectivity index (χ3n) is 3.29. The first kappa shape index (κ1) is 17.0. The van der Waals surface area contributed by atoms with Gasteiger partial charge in [-0.3, -0.25) is 9.78 Å². The number of amides is 1. The molecule has 7 heteroatoms. The van der Waals surface area contributed by atoms with Crippen LogP contribution in [0.25, 0.3) is 0 Å². The molecule has 6 nitrogen and oxygen atoms in total. The highest BCUT2D eigenvalue weighted by Crippen LogP contribution is 2.15. The van der Waals surface area contributed by atoms with Gasteiger partial charge in [-0.1, -0.05) is 12.1 Å². The van der Waals surface area contributed by atoms with Gasteiger partial charge < -0.3 is 9.64 Å². The molecule has 0 N–H and O–H groups in total. The van der Waals surface area contributed by atoms with Gasteiger partial charge in [0.2, 0.25) is 5.91 Å². The predicted molar refractivity (Wildman–Crippen MR) is 85.8 cm³/mol. The van der Waals surface area contributed by atoms with E-state index in [1.807, 2.05) is 12.1 Å². The lowest BCUT2D eigenvalue weighted by molar-refractivity contribution is -0.127. The monoisotopic (exact) mass is 334 g/mol. The van der Waals surface area contributed by atoms with Gasteiger partial charge in [-0.25, -0.2) is 8.42 Å². The first-order chi connectivity index (χ1) is 10.9. The molecule has 23 heavy (non-hydrogen) atoms. The number of benzene rings is 1. The van der Waals surface area contributed by atoms with E-state index in [1.54, 1.807) is 26.3 Å². The second-order valence-corrected chi connectivity index (χ2v) is 7.04. The van der Waals surface area contributed by atoms with E-state index in [4.69, 9.17) is 4.74 Å². The van der Waals surface area contributed by atoms with Crippen molar-refractivity contribution >= 4 is 15.7 Å². The maximum atomic E-state index is 12.2. The molecule has 1 amide bonds. The molecule has 1 aromatic heterocycles. The Hall–Kier alpha value is -2.41. The van der Waals surface area contributed by atoms with E-state index in [-0.39, 0.29) is 4.90 Å². The Labute approximate surface area is 135 Å². The summed E-state index contributed by atoms with van der Waals surface area (Å²) in [4.78, 5) is 17.4. The average molecular weight is 334 g/mol. The highest BCUT2D eigenvalue weighted by Gasteiger charge is 2.22. The molecule has 1 heterocycles. The maximum Gasteiger partial charge on any atom is 0.238 e. The lowest BCUT2D eigenvalue weighted by Crippen LogP contribution is -2.32. The summed E-state index contributed by atoms with van der Waals surface area (Å²) in [5, 5.41) is 0. The quantitative estimate of drug-likeness (QED) is 0.800. The van der Waals surface area contributed by atoms with Crippen molar-refractivity contribution in [3.8, 4) is 5.75 Å². The molecule has 0 atom stereocenters. The zero-order chi connectivity index (χ0) is 16.9. The number of pyridine rings is 1. The molecule has 2 aromatic rings. The van der Waals surface area contributed by atoms with Crippen molar-refractivity contribution in [1.82, 2.24) is 9.88 Å². The average Bonchev–Trinajstić information content (AvgIpc) is 2.55. The van der Waals surface area contributed by atoms with Crippen LogP contribution in [0.5, 0.6) is 5.75 Å². The van der Waals surface area contributed by atoms with Gasteiger partial charge in [0.25, 0.3) is 0 Å². The highest BCUT2D eigenvalue weighted by atomic mass is 32.2. The Kier molecular flexibility index (Phi) is 5.33. The molecular weight excluding hydrogens is 316 g/mol. The predicted octanol–water partition coefficient (Wildman–Crippen LogP) is 1.52. The summed E-state index contributed by atoms with van der Waals surface area (Å²) in [6.45, 7) is 0.304. The van der Waals surface area contributed by atoms with Crippen LogP contribution in [-0.2, 0) is 21.2 Å². The first-order valence-corrected chi connectivity index (χ1v) is 8.57. The number of aromatic nitrogens is 1. The van der Waals surface area contributed by atoms with Gasteiger partial charge in [0.1, 0.15) is 11.5 Å². The fraction of sp³-hybridized carbons (Fsp3) is 0.250. The van der Waals surface area contributed by atoms with Gasteiger partial charge in [-0.05, 0) is 29.8 Å². The minimum absolute atomic E-state index is 0.0446. The standard InChI is InChI=1S/C16H18N2O4S/c1-18(11-13-5-3-6-14(9-13)22-2)16(19)12-23(20,21)15-7-4-8-17-10-15/h3-10H,11-12H2,1-2H3. The van der Waals surface area contributed by atoms with E-state index in [0.717, 1.165) is 5.56 Å². The molecule has 0 saturated heterocycles. The van der Waals surface area contributed by atoms with E-state index < -0.39 is 21.5 Å². The van der Waals surface area contributed by atoms with Gasteiger partial charge >= 0.3 is 0 Å². The molecule has 0 aliphatic carbocycles. The van der Waals surface area contributed by atoms with Crippen molar-refractivity contribution in [2.75, 3.05) is 19.9 Å². The number of carbonyl (C=O) groups excluding carboxylic acids is 1. The van der Waals surface area contributed by atoms with Crippen molar-refractivity contribution in [1.29, 1.82) is 0 Å². The molecule has 1 aromatic carbocycles. The van der Waals surface area contributed by atoms with Crippen molar-refractivity contribution in [2.24, 2.45) is 0 Å². The zero-order valence-corrected chi connectivity index (χ0v) is 13.8. The molecular formula is C16H18N2O4S. The molecule has 0 unspecified atom stereocenters. The fourth-order valence-corrected chi connectivity index (χ4v) is 3.24. The summed E-state index contributed by atoms with van der Waals surface area (Å²) in [6, 6.07) is 10.2. The zero-order valence-electron chi connectivity index (χ0n) is 13.0. The van der Waals surface area contributed by atoms with E-state index in [2.05, 4.69) is 4.98 Å². The van der Waals surface area contributed by atoms with Crippen molar-refractivity contribution < 1.29 is 17.9 Å². The Morgan fingerprint density at radius 3 is 2.70 bits per heavy atom. The van der Waals surface area contributed by atoms with Crippen LogP contribution in [0, 0.1) is 0 Å². The summed E-state index contributed by atoms with van der Waals surface area (Å²) in [6.07, 6.45) is 2.72. The lowest BCUT2D eigenvalue weighted by atomic mass is 10.2. The molecule has 0 aliphatic heterocycles. The number of hydrogen-bond acceptors (Lipinski definition) is 5. The van der Waals surface area contributed by atoms with E-state index in [9.17, 15) is 13.2 Å². The van der Waals surface area contributed by atoms with Crippen LogP contribution in [-0.4, -0.2) is 44.1 Å². The number of rotatable bonds is 6. The number of ether oxygens (including phenoxy) is 1. The molecule has 122 valence electrons. The van der Waals surface area contributed by atoms with Crippen LogP contribution < -0.4 is 4.74 Å². The molecule has 2 rings (SSSR count). The molecule has 0 fully saturated rings. The SMILES string of the molecule is COc1cccc(CN(C)C(=O)CS(=O)(=O)c2cccnc2)c1. The summed E-state index contributed by atoms with van der Waals surface area (Å²) >= 11 is 0. The van der Waals surface area contributed by atoms with E-state index in [0.29, 0.717) is 12.3 Å². The van der Waals surface area contributed by atoms with E-state index >= 15 is 0 Å². The number of nitrogens with zero attached hydrogens (tertiary/aromatic N) is 2. The third kappa shape index (κ3) is 4.53. The van der Waals surface area contributed by atoms with Gasteiger partial charge in [-0.15, -0.1) is 0 Å². The minimum Gasteiger partial charge on any atom is -0.497 e. The highest BCUT2D eigenvalue weighted by molar-refractivity contribution is 7.92. The number of sulfone groups is 1. The van der Waals surface area contributed by atoms with Crippen LogP contribution in [0.15, 0.2) is 53.7 Å². The second kappa shape index (κ2) is 7.23. The smallest absolute Gasteiger partial charge is 0.238 e. The normalized spacial score (nSPS) is 11.0. The molecule has 0 radical (unpaired) electrons. The maximum absolute atomic E-state index is 12.2. The van der Waals surface area contributed by atoms with Gasteiger partial charge in [0.15, 0.2) is 9.84 Å². The number of methoxy groups -OCH3 is 1. The lowest BCUT2D eigenvalue weighted by Gasteiger charge is -2.17. The van der Waals surface area contributed by atoms with Crippen LogP contribution in [0.4, 0.5) is 0 Å². The van der Waals surface area contributed by atoms with Gasteiger partial charge in [0, 0.05) is 26.0 Å². The topological polar surface area (TPSA) is 76.6 Å². The Morgan fingerprint density at radius 1 is 1.26 bits per heavy atom. The number of hydrogen-bond donors (Lipinski definition) is 0. The first-order valence-electron chi connectivity index (χ1n) is 6.92. The van der Waals surface area contributed by atoms with Crippen LogP contribution in [0.3, 0.4) is 0 Å². The molecule has 0 spiro atoms. The summed E-state index contributed by atoms with van der Waals surface area (Å²) < 4.78 is 29.5. The largest absolute Gasteiger partial charge is 0.497 e. The van der Waals surface area contributed by atoms with Gasteiger partial charge in [0.05, 0.1) is 12.0 Å². The second-order valence-electron chi connectivity index (χ2n) is 5.05. The van der Waals surface area contributed by atoms with Crippen molar-refractivity contribution in [2.45, 2.75) is 11.4 Å². The van der Waals surface area contributed by atoms with Gasteiger partial charge in [-0.2, -0.15) is 0 Å². The molecule has 0 bridgehead atoms.